The molecule has 1 saturated carbocycles. The molecule has 0 aromatic heterocycles. The molecule has 2 aromatic rings. The molecule has 0 aliphatic heterocycles. The predicted molar refractivity (Wildman–Crippen MR) is 91.1 cm³/mol. The summed E-state index contributed by atoms with van der Waals surface area (Å²) in [6, 6.07) is 12.5. The van der Waals surface area contributed by atoms with Crippen molar-refractivity contribution in [2.24, 2.45) is 0 Å². The number of hydrogen-bond acceptors (Lipinski definition) is 1. The molecule has 0 bridgehead atoms. The molecule has 0 heterocycles. The number of anilines is 1. The second-order valence-corrected chi connectivity index (χ2v) is 6.57. The minimum Gasteiger partial charge on any atom is -0.325 e. The molecule has 1 aliphatic carbocycles. The average Bonchev–Trinajstić information content (AvgIpc) is 3.02. The summed E-state index contributed by atoms with van der Waals surface area (Å²) in [6.45, 7) is 4.01. The topological polar surface area (TPSA) is 29.1 Å². The van der Waals surface area contributed by atoms with Crippen LogP contribution in [0.3, 0.4) is 0 Å². The number of nitrogens with one attached hydrogen (secondary N) is 1. The molecule has 3 heteroatoms. The zero-order chi connectivity index (χ0) is 16.4. The first kappa shape index (κ1) is 15.7. The van der Waals surface area contributed by atoms with Crippen molar-refractivity contribution >= 4 is 11.6 Å². The largest absolute Gasteiger partial charge is 0.325 e. The van der Waals surface area contributed by atoms with E-state index in [1.54, 1.807) is 12.1 Å². The highest BCUT2D eigenvalue weighted by molar-refractivity contribution is 6.00. The van der Waals surface area contributed by atoms with E-state index in [1.165, 1.54) is 12.1 Å². The van der Waals surface area contributed by atoms with Gasteiger partial charge in [-0.2, -0.15) is 0 Å². The summed E-state index contributed by atoms with van der Waals surface area (Å²) < 4.78 is 13.2. The molecule has 0 radical (unpaired) electrons. The van der Waals surface area contributed by atoms with E-state index in [1.807, 2.05) is 32.0 Å². The Labute approximate surface area is 136 Å². The Morgan fingerprint density at radius 3 is 2.35 bits per heavy atom. The molecule has 1 aliphatic rings. The quantitative estimate of drug-likeness (QED) is 0.859. The fraction of sp³-hybridized carbons (Fsp3) is 0.350. The lowest BCUT2D eigenvalue weighted by atomic mass is 9.78. The van der Waals surface area contributed by atoms with Gasteiger partial charge in [0, 0.05) is 5.69 Å². The lowest BCUT2D eigenvalue weighted by Gasteiger charge is -2.28. The Hall–Kier alpha value is -2.16. The van der Waals surface area contributed by atoms with Crippen molar-refractivity contribution in [1.82, 2.24) is 0 Å². The van der Waals surface area contributed by atoms with Crippen molar-refractivity contribution in [1.29, 1.82) is 0 Å². The molecule has 120 valence electrons. The fourth-order valence-electron chi connectivity index (χ4n) is 3.51. The summed E-state index contributed by atoms with van der Waals surface area (Å²) in [4.78, 5) is 13.1. The summed E-state index contributed by atoms with van der Waals surface area (Å²) in [5.41, 5.74) is 3.41. The second kappa shape index (κ2) is 6.15. The van der Waals surface area contributed by atoms with Gasteiger partial charge in [-0.3, -0.25) is 4.79 Å². The predicted octanol–water partition coefficient (Wildman–Crippen LogP) is 4.89. The van der Waals surface area contributed by atoms with Crippen LogP contribution in [0.15, 0.2) is 42.5 Å². The maximum Gasteiger partial charge on any atom is 0.235 e. The Kier molecular flexibility index (Phi) is 4.20. The lowest BCUT2D eigenvalue weighted by Crippen LogP contribution is -2.38. The number of halogens is 1. The number of aryl methyl sites for hydroxylation is 2. The maximum absolute atomic E-state index is 13.2. The van der Waals surface area contributed by atoms with Crippen LogP contribution < -0.4 is 5.32 Å². The molecule has 23 heavy (non-hydrogen) atoms. The summed E-state index contributed by atoms with van der Waals surface area (Å²) in [6.07, 6.45) is 3.68. The lowest BCUT2D eigenvalue weighted by molar-refractivity contribution is -0.121. The van der Waals surface area contributed by atoms with Gasteiger partial charge in [0.05, 0.1) is 5.41 Å². The van der Waals surface area contributed by atoms with Crippen molar-refractivity contribution in [2.45, 2.75) is 44.9 Å². The van der Waals surface area contributed by atoms with Crippen molar-refractivity contribution in [3.8, 4) is 0 Å². The van der Waals surface area contributed by atoms with Gasteiger partial charge in [0.1, 0.15) is 5.82 Å². The van der Waals surface area contributed by atoms with E-state index in [9.17, 15) is 9.18 Å². The van der Waals surface area contributed by atoms with Crippen LogP contribution >= 0.6 is 0 Å². The average molecular weight is 311 g/mol. The van der Waals surface area contributed by atoms with Crippen molar-refractivity contribution in [3.05, 3.63) is 65.0 Å². The minimum atomic E-state index is -0.538. The van der Waals surface area contributed by atoms with E-state index >= 15 is 0 Å². The van der Waals surface area contributed by atoms with Crippen LogP contribution in [0, 0.1) is 19.7 Å². The number of amides is 1. The Balaban J connectivity index is 1.93. The third kappa shape index (κ3) is 3.00. The van der Waals surface area contributed by atoms with Gasteiger partial charge >= 0.3 is 0 Å². The molecule has 1 N–H and O–H groups in total. The molecule has 0 spiro atoms. The van der Waals surface area contributed by atoms with Gasteiger partial charge in [0.2, 0.25) is 5.91 Å². The van der Waals surface area contributed by atoms with E-state index in [0.717, 1.165) is 48.1 Å². The van der Waals surface area contributed by atoms with Gasteiger partial charge in [-0.1, -0.05) is 37.1 Å². The van der Waals surface area contributed by atoms with E-state index in [2.05, 4.69) is 5.32 Å². The summed E-state index contributed by atoms with van der Waals surface area (Å²) in [5, 5.41) is 3.11. The Morgan fingerprint density at radius 1 is 1.04 bits per heavy atom. The normalized spacial score (nSPS) is 16.3. The monoisotopic (exact) mass is 311 g/mol. The van der Waals surface area contributed by atoms with Crippen LogP contribution in [0.2, 0.25) is 0 Å². The van der Waals surface area contributed by atoms with Gasteiger partial charge in [-0.25, -0.2) is 4.39 Å². The van der Waals surface area contributed by atoms with Crippen LogP contribution in [0.25, 0.3) is 0 Å². The highest BCUT2D eigenvalue weighted by Gasteiger charge is 2.42. The molecule has 3 rings (SSSR count). The molecule has 1 amide bonds. The number of carbonyl (C=O) groups excluding carboxylic acids is 1. The summed E-state index contributed by atoms with van der Waals surface area (Å²) in [7, 11) is 0. The maximum atomic E-state index is 13.2. The molecular formula is C20H22FNO. The van der Waals surface area contributed by atoms with Crippen LogP contribution in [-0.2, 0) is 10.2 Å². The van der Waals surface area contributed by atoms with E-state index in [-0.39, 0.29) is 11.7 Å². The van der Waals surface area contributed by atoms with E-state index in [4.69, 9.17) is 0 Å². The van der Waals surface area contributed by atoms with E-state index in [0.29, 0.717) is 0 Å². The van der Waals surface area contributed by atoms with Crippen molar-refractivity contribution < 1.29 is 9.18 Å². The number of benzene rings is 2. The molecule has 2 nitrogen and oxygen atoms in total. The number of carbonyl (C=O) groups is 1. The van der Waals surface area contributed by atoms with Crippen LogP contribution in [0.1, 0.15) is 42.4 Å². The third-order valence-electron chi connectivity index (χ3n) is 4.93. The molecule has 1 fully saturated rings. The first-order valence-corrected chi connectivity index (χ1v) is 8.16. The third-order valence-corrected chi connectivity index (χ3v) is 4.93. The van der Waals surface area contributed by atoms with E-state index < -0.39 is 5.41 Å². The molecular weight excluding hydrogens is 289 g/mol. The fourth-order valence-corrected chi connectivity index (χ4v) is 3.51. The summed E-state index contributed by atoms with van der Waals surface area (Å²) in [5.74, 6) is -0.243. The zero-order valence-corrected chi connectivity index (χ0v) is 13.7. The first-order valence-electron chi connectivity index (χ1n) is 8.16. The van der Waals surface area contributed by atoms with Crippen LogP contribution in [0.4, 0.5) is 10.1 Å². The number of hydrogen-bond donors (Lipinski definition) is 1. The molecule has 0 atom stereocenters. The smallest absolute Gasteiger partial charge is 0.235 e. The van der Waals surface area contributed by atoms with Gasteiger partial charge in [0.25, 0.3) is 0 Å². The number of rotatable bonds is 3. The van der Waals surface area contributed by atoms with Crippen molar-refractivity contribution in [2.75, 3.05) is 5.32 Å². The highest BCUT2D eigenvalue weighted by atomic mass is 19.1. The second-order valence-electron chi connectivity index (χ2n) is 6.57. The van der Waals surface area contributed by atoms with Gasteiger partial charge < -0.3 is 5.32 Å². The van der Waals surface area contributed by atoms with Crippen molar-refractivity contribution in [3.63, 3.8) is 0 Å². The highest BCUT2D eigenvalue weighted by Crippen LogP contribution is 2.42. The van der Waals surface area contributed by atoms with Gasteiger partial charge in [-0.05, 0) is 61.6 Å². The van der Waals surface area contributed by atoms with Gasteiger partial charge in [-0.15, -0.1) is 0 Å². The molecule has 0 unspecified atom stereocenters. The summed E-state index contributed by atoms with van der Waals surface area (Å²) >= 11 is 0. The SMILES string of the molecule is Cc1ccc(C)c(NC(=O)C2(c3ccc(F)cc3)CCCC2)c1. The standard InChI is InChI=1S/C20H22FNO/c1-14-5-6-15(2)18(13-14)22-19(23)20(11-3-4-12-20)16-7-9-17(21)10-8-16/h5-10,13H,3-4,11-12H2,1-2H3,(H,22,23). The van der Waals surface area contributed by atoms with Crippen LogP contribution in [-0.4, -0.2) is 5.91 Å². The molecule has 2 aromatic carbocycles. The first-order chi connectivity index (χ1) is 11.0. The van der Waals surface area contributed by atoms with Crippen LogP contribution in [0.5, 0.6) is 0 Å². The molecule has 0 saturated heterocycles. The Bertz CT molecular complexity index is 715. The minimum absolute atomic E-state index is 0.0234. The zero-order valence-electron chi connectivity index (χ0n) is 13.7. The van der Waals surface area contributed by atoms with Gasteiger partial charge in [0.15, 0.2) is 0 Å². The Morgan fingerprint density at radius 2 is 1.70 bits per heavy atom.